The third-order valence-corrected chi connectivity index (χ3v) is 5.96. The first-order chi connectivity index (χ1) is 16.4. The van der Waals surface area contributed by atoms with Gasteiger partial charge in [-0.3, -0.25) is 0 Å². The number of aromatic nitrogens is 3. The van der Waals surface area contributed by atoms with Gasteiger partial charge in [0.05, 0.1) is 12.0 Å². The van der Waals surface area contributed by atoms with Crippen LogP contribution < -0.4 is 10.5 Å². The number of phenolic OH excluding ortho intramolecular Hbond substituents is 1. The Morgan fingerprint density at radius 3 is 2.50 bits per heavy atom. The fourth-order valence-electron chi connectivity index (χ4n) is 4.03. The molecule has 34 heavy (non-hydrogen) atoms. The van der Waals surface area contributed by atoms with Crippen molar-refractivity contribution < 1.29 is 35.0 Å². The molecule has 2 aromatic heterocycles. The summed E-state index contributed by atoms with van der Waals surface area (Å²) >= 11 is 0. The average Bonchev–Trinajstić information content (AvgIpc) is 3.20. The number of benzene rings is 1. The minimum absolute atomic E-state index is 0.158. The number of aliphatic hydroxyl groups excluding tert-OH is 4. The number of ether oxygens (including phenoxy) is 2. The van der Waals surface area contributed by atoms with Gasteiger partial charge in [-0.2, -0.15) is 0 Å². The number of hydrogen-bond donors (Lipinski definition) is 6. The van der Waals surface area contributed by atoms with E-state index in [0.29, 0.717) is 43.4 Å². The van der Waals surface area contributed by atoms with Gasteiger partial charge in [-0.05, 0) is 55.1 Å². The fourth-order valence-corrected chi connectivity index (χ4v) is 4.03. The Bertz CT molecular complexity index is 1090. The van der Waals surface area contributed by atoms with Crippen LogP contribution in [0.5, 0.6) is 11.6 Å². The van der Waals surface area contributed by atoms with Crippen molar-refractivity contribution in [2.45, 2.75) is 56.5 Å². The Morgan fingerprint density at radius 2 is 1.79 bits per heavy atom. The van der Waals surface area contributed by atoms with E-state index in [2.05, 4.69) is 10.1 Å². The molecule has 184 valence electrons. The van der Waals surface area contributed by atoms with Gasteiger partial charge in [0, 0.05) is 12.7 Å². The van der Waals surface area contributed by atoms with Crippen molar-refractivity contribution in [2.24, 2.45) is 5.73 Å². The molecule has 5 atom stereocenters. The minimum atomic E-state index is -1.56. The van der Waals surface area contributed by atoms with Crippen LogP contribution in [0.4, 0.5) is 0 Å². The number of fused-ring (bicyclic) bond motifs is 1. The second kappa shape index (κ2) is 10.6. The Balaban J connectivity index is 1.66. The normalized spacial score (nSPS) is 25.0. The zero-order chi connectivity index (χ0) is 24.2. The van der Waals surface area contributed by atoms with Crippen LogP contribution in [0.15, 0.2) is 36.5 Å². The summed E-state index contributed by atoms with van der Waals surface area (Å²) in [7, 11) is 0. The van der Waals surface area contributed by atoms with E-state index in [4.69, 9.17) is 15.2 Å². The van der Waals surface area contributed by atoms with Crippen molar-refractivity contribution in [3.05, 3.63) is 47.7 Å². The number of aliphatic hydroxyl groups is 4. The van der Waals surface area contributed by atoms with Crippen molar-refractivity contribution in [1.82, 2.24) is 14.8 Å². The SMILES string of the molecule is NCCCn1nc(O[C@@H]2O[C@H](CO)[C@@H](O)[C@H](O)[C@H]2O)c2c(CCc3ccc(O)cc3)ccnc21. The van der Waals surface area contributed by atoms with E-state index in [9.17, 15) is 25.5 Å². The van der Waals surface area contributed by atoms with E-state index in [1.807, 2.05) is 18.2 Å². The third-order valence-electron chi connectivity index (χ3n) is 5.96. The lowest BCUT2D eigenvalue weighted by molar-refractivity contribution is -0.278. The molecule has 1 aromatic carbocycles. The molecule has 3 heterocycles. The number of aryl methyl sites for hydroxylation is 3. The predicted molar refractivity (Wildman–Crippen MR) is 121 cm³/mol. The van der Waals surface area contributed by atoms with E-state index < -0.39 is 37.3 Å². The maximum Gasteiger partial charge on any atom is 0.245 e. The topological polar surface area (TPSA) is 176 Å². The number of pyridine rings is 1. The first-order valence-electron chi connectivity index (χ1n) is 11.2. The first-order valence-corrected chi connectivity index (χ1v) is 11.2. The van der Waals surface area contributed by atoms with Crippen molar-refractivity contribution in [3.63, 3.8) is 0 Å². The van der Waals surface area contributed by atoms with Crippen LogP contribution in [-0.4, -0.2) is 84.2 Å². The number of aromatic hydroxyl groups is 1. The summed E-state index contributed by atoms with van der Waals surface area (Å²) in [5, 5.41) is 54.7. The monoisotopic (exact) mass is 474 g/mol. The fraction of sp³-hybridized carbons (Fsp3) is 0.478. The molecule has 1 aliphatic heterocycles. The van der Waals surface area contributed by atoms with Gasteiger partial charge in [0.1, 0.15) is 30.2 Å². The van der Waals surface area contributed by atoms with Crippen LogP contribution >= 0.6 is 0 Å². The molecule has 0 unspecified atom stereocenters. The quantitative estimate of drug-likeness (QED) is 0.236. The van der Waals surface area contributed by atoms with Gasteiger partial charge in [-0.15, -0.1) is 5.10 Å². The summed E-state index contributed by atoms with van der Waals surface area (Å²) in [6, 6.07) is 8.83. The summed E-state index contributed by atoms with van der Waals surface area (Å²) in [4.78, 5) is 4.47. The van der Waals surface area contributed by atoms with Crippen LogP contribution in [0, 0.1) is 0 Å². The van der Waals surface area contributed by atoms with E-state index in [1.165, 1.54) is 0 Å². The standard InChI is InChI=1S/C23H30N4O7/c24-9-1-11-27-21-17(14(8-10-25-21)5-2-13-3-6-15(29)7-4-13)22(26-27)34-23-20(32)19(31)18(30)16(12-28)33-23/h3-4,6-8,10,16,18-20,23,28-32H,1-2,5,9,11-12,24H2/t16-,18-,19+,20-,23+/m1/s1. The molecule has 0 amide bonds. The highest BCUT2D eigenvalue weighted by Crippen LogP contribution is 2.32. The lowest BCUT2D eigenvalue weighted by Gasteiger charge is -2.39. The summed E-state index contributed by atoms with van der Waals surface area (Å²) < 4.78 is 13.1. The predicted octanol–water partition coefficient (Wildman–Crippen LogP) is -0.550. The van der Waals surface area contributed by atoms with Gasteiger partial charge >= 0.3 is 0 Å². The number of hydrogen-bond acceptors (Lipinski definition) is 10. The third kappa shape index (κ3) is 4.99. The first kappa shape index (κ1) is 24.3. The van der Waals surface area contributed by atoms with E-state index in [1.54, 1.807) is 23.0 Å². The highest BCUT2D eigenvalue weighted by atomic mass is 16.7. The molecule has 0 spiro atoms. The van der Waals surface area contributed by atoms with Gasteiger partial charge in [-0.1, -0.05) is 12.1 Å². The van der Waals surface area contributed by atoms with Crippen molar-refractivity contribution in [2.75, 3.05) is 13.2 Å². The van der Waals surface area contributed by atoms with Crippen molar-refractivity contribution in [1.29, 1.82) is 0 Å². The summed E-state index contributed by atoms with van der Waals surface area (Å²) in [5.74, 6) is 0.358. The largest absolute Gasteiger partial charge is 0.508 e. The van der Waals surface area contributed by atoms with Gasteiger partial charge in [0.25, 0.3) is 0 Å². The van der Waals surface area contributed by atoms with Crippen LogP contribution in [0.2, 0.25) is 0 Å². The van der Waals surface area contributed by atoms with Crippen LogP contribution in [0.1, 0.15) is 17.5 Å². The number of phenols is 1. The molecule has 3 aromatic rings. The Hall–Kier alpha value is -2.80. The number of nitrogens with two attached hydrogens (primary N) is 1. The molecule has 11 nitrogen and oxygen atoms in total. The summed E-state index contributed by atoms with van der Waals surface area (Å²) in [6.45, 7) is 0.403. The molecule has 1 fully saturated rings. The van der Waals surface area contributed by atoms with Crippen LogP contribution in [0.25, 0.3) is 11.0 Å². The van der Waals surface area contributed by atoms with Crippen LogP contribution in [0.3, 0.4) is 0 Å². The molecule has 0 radical (unpaired) electrons. The zero-order valence-corrected chi connectivity index (χ0v) is 18.6. The lowest BCUT2D eigenvalue weighted by atomic mass is 9.99. The van der Waals surface area contributed by atoms with Crippen molar-refractivity contribution in [3.8, 4) is 11.6 Å². The summed E-state index contributed by atoms with van der Waals surface area (Å²) in [5.41, 5.74) is 8.18. The molecule has 1 aliphatic rings. The Labute approximate surface area is 196 Å². The molecule has 0 bridgehead atoms. The maximum atomic E-state index is 10.4. The molecule has 7 N–H and O–H groups in total. The van der Waals surface area contributed by atoms with Crippen molar-refractivity contribution >= 4 is 11.0 Å². The second-order valence-corrected chi connectivity index (χ2v) is 8.32. The lowest BCUT2D eigenvalue weighted by Crippen LogP contribution is -2.60. The molecular weight excluding hydrogens is 444 g/mol. The highest BCUT2D eigenvalue weighted by molar-refractivity contribution is 5.85. The number of nitrogens with zero attached hydrogens (tertiary/aromatic N) is 3. The molecule has 0 aliphatic carbocycles. The van der Waals surface area contributed by atoms with E-state index in [-0.39, 0.29) is 11.6 Å². The molecular formula is C23H30N4O7. The van der Waals surface area contributed by atoms with Gasteiger partial charge in [0.15, 0.2) is 5.65 Å². The molecule has 11 heteroatoms. The van der Waals surface area contributed by atoms with Gasteiger partial charge in [0.2, 0.25) is 12.2 Å². The Kier molecular flexibility index (Phi) is 7.61. The molecule has 0 saturated carbocycles. The maximum absolute atomic E-state index is 10.4. The molecule has 4 rings (SSSR count). The average molecular weight is 475 g/mol. The minimum Gasteiger partial charge on any atom is -0.508 e. The summed E-state index contributed by atoms with van der Waals surface area (Å²) in [6.07, 6.45) is -3.40. The number of rotatable bonds is 9. The van der Waals surface area contributed by atoms with Gasteiger partial charge in [-0.25, -0.2) is 9.67 Å². The Morgan fingerprint density at radius 1 is 1.03 bits per heavy atom. The molecule has 1 saturated heterocycles. The van der Waals surface area contributed by atoms with E-state index >= 15 is 0 Å². The zero-order valence-electron chi connectivity index (χ0n) is 18.6. The smallest absolute Gasteiger partial charge is 0.245 e. The second-order valence-electron chi connectivity index (χ2n) is 8.32. The van der Waals surface area contributed by atoms with Crippen LogP contribution in [-0.2, 0) is 24.1 Å². The van der Waals surface area contributed by atoms with E-state index in [0.717, 1.165) is 11.1 Å². The van der Waals surface area contributed by atoms with Gasteiger partial charge < -0.3 is 40.7 Å². The highest BCUT2D eigenvalue weighted by Gasteiger charge is 2.45.